The van der Waals surface area contributed by atoms with E-state index in [0.717, 1.165) is 77.0 Å². The van der Waals surface area contributed by atoms with Crippen molar-refractivity contribution in [3.8, 4) is 0 Å². The number of esters is 1. The van der Waals surface area contributed by atoms with Crippen molar-refractivity contribution in [1.82, 2.24) is 5.32 Å². The summed E-state index contributed by atoms with van der Waals surface area (Å²) in [6, 6.07) is -0.708. The largest absolute Gasteiger partial charge is 0.462 e. The third-order valence-electron chi connectivity index (χ3n) is 10.2. The summed E-state index contributed by atoms with van der Waals surface area (Å²) in [4.78, 5) is 25.9. The van der Waals surface area contributed by atoms with Crippen molar-refractivity contribution in [2.45, 2.75) is 244 Å². The summed E-state index contributed by atoms with van der Waals surface area (Å²) < 4.78 is 5.88. The van der Waals surface area contributed by atoms with E-state index in [-0.39, 0.29) is 24.9 Å². The number of carbonyl (C=O) groups excluding carboxylic acids is 2. The highest BCUT2D eigenvalue weighted by molar-refractivity contribution is 5.77. The Labute approximate surface area is 328 Å². The number of allylic oxidation sites excluding steroid dienone is 6. The molecule has 0 aromatic heterocycles. The second-order valence-electron chi connectivity index (χ2n) is 15.4. The molecule has 0 fully saturated rings. The lowest BCUT2D eigenvalue weighted by Gasteiger charge is -2.24. The van der Waals surface area contributed by atoms with Crippen LogP contribution >= 0.6 is 0 Å². The molecule has 0 saturated heterocycles. The topological polar surface area (TPSA) is 95.9 Å². The van der Waals surface area contributed by atoms with Crippen LogP contribution in [-0.4, -0.2) is 46.9 Å². The van der Waals surface area contributed by atoms with Crippen LogP contribution in [0.1, 0.15) is 226 Å². The monoisotopic (exact) mass is 746 g/mol. The molecule has 0 saturated carbocycles. The van der Waals surface area contributed by atoms with Crippen LogP contribution in [0.25, 0.3) is 0 Å². The molecule has 0 aromatic rings. The van der Waals surface area contributed by atoms with Crippen molar-refractivity contribution < 1.29 is 24.5 Å². The summed E-state index contributed by atoms with van der Waals surface area (Å²) in [5.41, 5.74) is 0. The normalized spacial score (nSPS) is 13.7. The van der Waals surface area contributed by atoms with Gasteiger partial charge in [0, 0.05) is 6.42 Å². The minimum Gasteiger partial charge on any atom is -0.462 e. The van der Waals surface area contributed by atoms with Crippen LogP contribution in [0.5, 0.6) is 0 Å². The molecule has 0 aliphatic heterocycles. The van der Waals surface area contributed by atoms with Gasteiger partial charge in [0.2, 0.25) is 5.91 Å². The third kappa shape index (κ3) is 36.8. The van der Waals surface area contributed by atoms with Gasteiger partial charge in [0.1, 0.15) is 6.10 Å². The Bertz CT molecular complexity index is 884. The van der Waals surface area contributed by atoms with Crippen LogP contribution in [0.15, 0.2) is 36.5 Å². The average Bonchev–Trinajstić information content (AvgIpc) is 3.15. The van der Waals surface area contributed by atoms with Gasteiger partial charge in [0.25, 0.3) is 0 Å². The van der Waals surface area contributed by atoms with Gasteiger partial charge in [-0.1, -0.05) is 192 Å². The van der Waals surface area contributed by atoms with Crippen LogP contribution in [0, 0.1) is 0 Å². The van der Waals surface area contributed by atoms with E-state index in [9.17, 15) is 19.8 Å². The number of aliphatic hydroxyl groups is 2. The zero-order chi connectivity index (χ0) is 38.9. The van der Waals surface area contributed by atoms with E-state index in [1.165, 1.54) is 103 Å². The van der Waals surface area contributed by atoms with Crippen LogP contribution in [0.3, 0.4) is 0 Å². The number of aliphatic hydroxyl groups excluding tert-OH is 2. The maximum Gasteiger partial charge on any atom is 0.306 e. The lowest BCUT2D eigenvalue weighted by molar-refractivity contribution is -0.151. The molecule has 310 valence electrons. The molecule has 3 unspecified atom stereocenters. The highest BCUT2D eigenvalue weighted by Crippen LogP contribution is 2.17. The Morgan fingerprint density at radius 1 is 0.566 bits per heavy atom. The molecule has 6 heteroatoms. The minimum absolute atomic E-state index is 0.0543. The zero-order valence-corrected chi connectivity index (χ0v) is 35.1. The number of hydrogen-bond donors (Lipinski definition) is 3. The van der Waals surface area contributed by atoms with Gasteiger partial charge in [-0.3, -0.25) is 9.59 Å². The summed E-state index contributed by atoms with van der Waals surface area (Å²) in [5, 5.41) is 23.5. The lowest BCUT2D eigenvalue weighted by Crippen LogP contribution is -2.46. The van der Waals surface area contributed by atoms with Gasteiger partial charge >= 0.3 is 5.97 Å². The Balaban J connectivity index is 4.64. The Hall–Kier alpha value is -1.92. The minimum atomic E-state index is -0.792. The summed E-state index contributed by atoms with van der Waals surface area (Å²) in [6.45, 7) is 6.33. The number of carbonyl (C=O) groups is 2. The summed E-state index contributed by atoms with van der Waals surface area (Å²) >= 11 is 0. The fraction of sp³-hybridized carbons (Fsp3) is 0.830. The first-order valence-corrected chi connectivity index (χ1v) is 22.7. The predicted molar refractivity (Wildman–Crippen MR) is 227 cm³/mol. The van der Waals surface area contributed by atoms with Crippen LogP contribution in [0.2, 0.25) is 0 Å². The molecule has 0 rings (SSSR count). The van der Waals surface area contributed by atoms with E-state index < -0.39 is 18.2 Å². The molecule has 3 N–H and O–H groups in total. The van der Waals surface area contributed by atoms with Crippen LogP contribution in [-0.2, 0) is 14.3 Å². The molecule has 3 atom stereocenters. The molecule has 6 nitrogen and oxygen atoms in total. The number of hydrogen-bond acceptors (Lipinski definition) is 5. The number of unbranched alkanes of at least 4 members (excludes halogenated alkanes) is 22. The molecule has 0 radical (unpaired) electrons. The lowest BCUT2D eigenvalue weighted by atomic mass is 10.0. The van der Waals surface area contributed by atoms with E-state index in [1.54, 1.807) is 0 Å². The molecular formula is C47H87NO5. The fourth-order valence-electron chi connectivity index (χ4n) is 6.80. The molecule has 53 heavy (non-hydrogen) atoms. The van der Waals surface area contributed by atoms with Gasteiger partial charge in [-0.05, 0) is 57.8 Å². The SMILES string of the molecule is CC/C=C/C/C=C/C/C=C/CCCCC(CC(=O)NC(CO)C(O)CCCCCCCCCCC)OC(=O)CCCCCCCCCCCCCCC. The van der Waals surface area contributed by atoms with Gasteiger partial charge in [0.15, 0.2) is 0 Å². The van der Waals surface area contributed by atoms with Gasteiger partial charge in [0.05, 0.1) is 25.2 Å². The van der Waals surface area contributed by atoms with Gasteiger partial charge in [-0.15, -0.1) is 0 Å². The first-order valence-electron chi connectivity index (χ1n) is 22.7. The molecule has 0 spiro atoms. The number of nitrogens with one attached hydrogen (secondary N) is 1. The summed E-state index contributed by atoms with van der Waals surface area (Å²) in [6.07, 6.45) is 46.4. The molecule has 0 heterocycles. The average molecular weight is 746 g/mol. The van der Waals surface area contributed by atoms with Gasteiger partial charge in [-0.2, -0.15) is 0 Å². The van der Waals surface area contributed by atoms with Crippen molar-refractivity contribution in [3.05, 3.63) is 36.5 Å². The second kappa shape index (κ2) is 41.2. The van der Waals surface area contributed by atoms with E-state index in [2.05, 4.69) is 62.5 Å². The summed E-state index contributed by atoms with van der Waals surface area (Å²) in [7, 11) is 0. The molecule has 1 amide bonds. The third-order valence-corrected chi connectivity index (χ3v) is 10.2. The number of ether oxygens (including phenoxy) is 1. The number of rotatable bonds is 40. The van der Waals surface area contributed by atoms with E-state index >= 15 is 0 Å². The second-order valence-corrected chi connectivity index (χ2v) is 15.4. The quantitative estimate of drug-likeness (QED) is 0.0330. The van der Waals surface area contributed by atoms with Crippen molar-refractivity contribution in [3.63, 3.8) is 0 Å². The van der Waals surface area contributed by atoms with E-state index in [1.807, 2.05) is 0 Å². The Morgan fingerprint density at radius 3 is 1.53 bits per heavy atom. The Kier molecular flexibility index (Phi) is 39.8. The molecular weight excluding hydrogens is 659 g/mol. The highest BCUT2D eigenvalue weighted by Gasteiger charge is 2.24. The molecule has 0 aliphatic carbocycles. The standard InChI is InChI=1S/C47H87NO5/c1-4-7-10-13-16-19-21-23-25-28-31-34-37-40-47(52)53-43(38-35-32-29-27-24-22-20-17-14-11-8-5-2)41-46(51)48-44(42-49)45(50)39-36-33-30-26-18-15-12-9-6-3/h8,11,17,20,24,27,43-45,49-50H,4-7,9-10,12-16,18-19,21-23,25-26,28-42H2,1-3H3,(H,48,51)/b11-8+,20-17+,27-24+. The van der Waals surface area contributed by atoms with Crippen molar-refractivity contribution in [2.24, 2.45) is 0 Å². The van der Waals surface area contributed by atoms with Crippen molar-refractivity contribution >= 4 is 11.9 Å². The molecule has 0 aromatic carbocycles. The maximum absolute atomic E-state index is 13.1. The molecule has 0 aliphatic rings. The van der Waals surface area contributed by atoms with Gasteiger partial charge in [-0.25, -0.2) is 0 Å². The van der Waals surface area contributed by atoms with Gasteiger partial charge < -0.3 is 20.3 Å². The summed E-state index contributed by atoms with van der Waals surface area (Å²) in [5.74, 6) is -0.509. The van der Waals surface area contributed by atoms with E-state index in [0.29, 0.717) is 19.3 Å². The first kappa shape index (κ1) is 51.1. The van der Waals surface area contributed by atoms with E-state index in [4.69, 9.17) is 4.74 Å². The number of amides is 1. The highest BCUT2D eigenvalue weighted by atomic mass is 16.5. The predicted octanol–water partition coefficient (Wildman–Crippen LogP) is 12.9. The van der Waals surface area contributed by atoms with Crippen LogP contribution in [0.4, 0.5) is 0 Å². The Morgan fingerprint density at radius 2 is 1.02 bits per heavy atom. The maximum atomic E-state index is 13.1. The van der Waals surface area contributed by atoms with Crippen molar-refractivity contribution in [2.75, 3.05) is 6.61 Å². The zero-order valence-electron chi connectivity index (χ0n) is 35.1. The molecule has 0 bridgehead atoms. The first-order chi connectivity index (χ1) is 26.0. The van der Waals surface area contributed by atoms with Crippen LogP contribution < -0.4 is 5.32 Å². The van der Waals surface area contributed by atoms with Crippen molar-refractivity contribution in [1.29, 1.82) is 0 Å². The smallest absolute Gasteiger partial charge is 0.306 e. The fourth-order valence-corrected chi connectivity index (χ4v) is 6.80.